The highest BCUT2D eigenvalue weighted by molar-refractivity contribution is 5.89. The Kier molecular flexibility index (Phi) is 8.52. The third-order valence-corrected chi connectivity index (χ3v) is 6.24. The van der Waals surface area contributed by atoms with Crippen LogP contribution >= 0.6 is 0 Å². The Balaban J connectivity index is 1.69. The van der Waals surface area contributed by atoms with Crippen LogP contribution in [0.4, 0.5) is 16.6 Å². The smallest absolute Gasteiger partial charge is 0.411 e. The van der Waals surface area contributed by atoms with Crippen LogP contribution in [-0.4, -0.2) is 75.4 Å². The van der Waals surface area contributed by atoms with Crippen LogP contribution in [0, 0.1) is 0 Å². The largest absolute Gasteiger partial charge is 0.496 e. The van der Waals surface area contributed by atoms with E-state index >= 15 is 0 Å². The zero-order valence-electron chi connectivity index (χ0n) is 20.6. The third-order valence-electron chi connectivity index (χ3n) is 6.24. The maximum absolute atomic E-state index is 11.2. The van der Waals surface area contributed by atoms with Crippen molar-refractivity contribution in [2.24, 2.45) is 0 Å². The lowest BCUT2D eigenvalue weighted by Crippen LogP contribution is -2.42. The summed E-state index contributed by atoms with van der Waals surface area (Å²) in [6.45, 7) is 5.23. The number of rotatable bonds is 11. The van der Waals surface area contributed by atoms with Gasteiger partial charge in [0.1, 0.15) is 16.8 Å². The van der Waals surface area contributed by atoms with Gasteiger partial charge in [-0.25, -0.2) is 9.78 Å². The molecule has 0 saturated carbocycles. The van der Waals surface area contributed by atoms with Crippen LogP contribution in [0.2, 0.25) is 0 Å². The summed E-state index contributed by atoms with van der Waals surface area (Å²) < 4.78 is 7.50. The minimum Gasteiger partial charge on any atom is -0.496 e. The van der Waals surface area contributed by atoms with E-state index in [1.54, 1.807) is 18.0 Å². The number of ether oxygens (including phenoxy) is 1. The Hall–Kier alpha value is -3.48. The summed E-state index contributed by atoms with van der Waals surface area (Å²) in [5.41, 5.74) is 3.24. The van der Waals surface area contributed by atoms with Crippen LogP contribution in [-0.2, 0) is 6.54 Å². The van der Waals surface area contributed by atoms with E-state index in [0.717, 1.165) is 49.4 Å². The fraction of sp³-hybridized carbons (Fsp3) is 0.500. The number of hydrogen-bond donors (Lipinski definition) is 6. The van der Waals surface area contributed by atoms with E-state index in [1.807, 2.05) is 6.07 Å². The highest BCUT2D eigenvalue weighted by atomic mass is 16.5. The van der Waals surface area contributed by atoms with Crippen molar-refractivity contribution in [2.75, 3.05) is 44.0 Å². The molecule has 1 saturated heterocycles. The molecule has 1 aliphatic heterocycles. The van der Waals surface area contributed by atoms with Gasteiger partial charge >= 0.3 is 6.09 Å². The summed E-state index contributed by atoms with van der Waals surface area (Å²) in [7, 11) is 1.65. The second-order valence-electron chi connectivity index (χ2n) is 8.79. The minimum atomic E-state index is -1.25. The highest BCUT2D eigenvalue weighted by Crippen LogP contribution is 2.29. The second kappa shape index (κ2) is 12.0. The van der Waals surface area contributed by atoms with Crippen molar-refractivity contribution >= 4 is 28.9 Å². The first kappa shape index (κ1) is 25.6. The highest BCUT2D eigenvalue weighted by Gasteiger charge is 2.20. The first-order valence-electron chi connectivity index (χ1n) is 12.2. The molecule has 4 rings (SSSR count). The molecule has 0 spiro atoms. The molecule has 1 fully saturated rings. The molecule has 12 nitrogen and oxygen atoms in total. The van der Waals surface area contributed by atoms with Crippen LogP contribution in [0.15, 0.2) is 24.4 Å². The van der Waals surface area contributed by atoms with Crippen molar-refractivity contribution in [1.29, 1.82) is 0 Å². The number of aliphatic hydroxyl groups excluding tert-OH is 1. The van der Waals surface area contributed by atoms with Gasteiger partial charge in [-0.1, -0.05) is 25.5 Å². The number of piperazine rings is 1. The Morgan fingerprint density at radius 3 is 2.86 bits per heavy atom. The summed E-state index contributed by atoms with van der Waals surface area (Å²) in [5, 5.41) is 35.7. The van der Waals surface area contributed by atoms with Crippen molar-refractivity contribution in [1.82, 2.24) is 30.4 Å². The average Bonchev–Trinajstić information content (AvgIpc) is 3.27. The zero-order chi connectivity index (χ0) is 25.5. The molecule has 3 aromatic rings. The first-order chi connectivity index (χ1) is 17.5. The molecule has 3 heterocycles. The third kappa shape index (κ3) is 6.01. The number of anilines is 2. The molecule has 0 radical (unpaired) electrons. The normalized spacial score (nSPS) is 16.6. The van der Waals surface area contributed by atoms with E-state index in [2.05, 4.69) is 55.4 Å². The molecule has 1 aromatic carbocycles. The monoisotopic (exact) mass is 498 g/mol. The minimum absolute atomic E-state index is 0.0281. The van der Waals surface area contributed by atoms with Gasteiger partial charge in [0.05, 0.1) is 19.9 Å². The summed E-state index contributed by atoms with van der Waals surface area (Å²) in [6, 6.07) is 6.37. The van der Waals surface area contributed by atoms with Gasteiger partial charge in [-0.2, -0.15) is 10.1 Å². The van der Waals surface area contributed by atoms with Crippen LogP contribution in [0.1, 0.15) is 43.4 Å². The predicted molar refractivity (Wildman–Crippen MR) is 137 cm³/mol. The van der Waals surface area contributed by atoms with Crippen LogP contribution in [0.3, 0.4) is 0 Å². The number of benzene rings is 1. The standard InChI is InChI=1S/C24H34N8O4/c1-3-4-17(7-10-33)28-22-21-19(29-23(30-22)31-24(34)35)13-27-32(21)14-16-6-5-15(11-20(16)36-2)18-12-25-8-9-26-18/h5-6,11,13,17-18,25-26,33H,3-4,7-10,12,14H2,1-2H3,(H,34,35)(H2,28,29,30,31). The molecule has 194 valence electrons. The number of amides is 1. The SMILES string of the molecule is CCCC(CCO)Nc1nc(NC(=O)O)nc2cnn(Cc3ccc(C4CNCCN4)cc3OC)c12. The molecule has 0 bridgehead atoms. The molecule has 2 atom stereocenters. The van der Waals surface area contributed by atoms with Crippen molar-refractivity contribution in [3.05, 3.63) is 35.5 Å². The zero-order valence-corrected chi connectivity index (χ0v) is 20.6. The van der Waals surface area contributed by atoms with Gasteiger partial charge in [-0.15, -0.1) is 0 Å². The molecule has 2 aromatic heterocycles. The predicted octanol–water partition coefficient (Wildman–Crippen LogP) is 2.17. The van der Waals surface area contributed by atoms with Gasteiger partial charge in [0.25, 0.3) is 0 Å². The topological polar surface area (TPSA) is 158 Å². The molecule has 2 unspecified atom stereocenters. The number of aliphatic hydroxyl groups is 1. The Labute approximate surface area is 209 Å². The number of hydrogen-bond acceptors (Lipinski definition) is 9. The molecule has 0 aliphatic carbocycles. The molecule has 12 heteroatoms. The summed E-state index contributed by atoms with van der Waals surface area (Å²) >= 11 is 0. The van der Waals surface area contributed by atoms with Crippen molar-refractivity contribution < 1.29 is 19.7 Å². The number of nitrogens with zero attached hydrogens (tertiary/aromatic N) is 4. The average molecular weight is 499 g/mol. The number of fused-ring (bicyclic) bond motifs is 1. The fourth-order valence-electron chi connectivity index (χ4n) is 4.52. The van der Waals surface area contributed by atoms with Crippen LogP contribution in [0.25, 0.3) is 11.0 Å². The number of carbonyl (C=O) groups is 1. The Morgan fingerprint density at radius 1 is 1.31 bits per heavy atom. The van der Waals surface area contributed by atoms with Gasteiger partial charge in [0, 0.05) is 43.9 Å². The quantitative estimate of drug-likeness (QED) is 0.231. The molecule has 36 heavy (non-hydrogen) atoms. The second-order valence-corrected chi connectivity index (χ2v) is 8.79. The van der Waals surface area contributed by atoms with Gasteiger partial charge in [0.15, 0.2) is 5.82 Å². The van der Waals surface area contributed by atoms with Crippen molar-refractivity contribution in [3.8, 4) is 5.75 Å². The number of carboxylic acid groups (broad SMARTS) is 1. The Morgan fingerprint density at radius 2 is 2.17 bits per heavy atom. The van der Waals surface area contributed by atoms with E-state index < -0.39 is 6.09 Å². The fourth-order valence-corrected chi connectivity index (χ4v) is 4.52. The molecule has 1 amide bonds. The van der Waals surface area contributed by atoms with Gasteiger partial charge in [-0.05, 0) is 24.5 Å². The number of methoxy groups -OCH3 is 1. The molecular formula is C24H34N8O4. The summed E-state index contributed by atoms with van der Waals surface area (Å²) in [4.78, 5) is 20.0. The van der Waals surface area contributed by atoms with Crippen LogP contribution in [0.5, 0.6) is 5.75 Å². The molecule has 6 N–H and O–H groups in total. The lowest BCUT2D eigenvalue weighted by atomic mass is 10.0. The van der Waals surface area contributed by atoms with E-state index in [-0.39, 0.29) is 24.6 Å². The number of nitrogens with one attached hydrogen (secondary N) is 4. The maximum Gasteiger partial charge on any atom is 0.411 e. The molecule has 1 aliphatic rings. The van der Waals surface area contributed by atoms with E-state index in [1.165, 1.54) is 0 Å². The van der Waals surface area contributed by atoms with Gasteiger partial charge in [-0.3, -0.25) is 10.00 Å². The maximum atomic E-state index is 11.2. The van der Waals surface area contributed by atoms with E-state index in [4.69, 9.17) is 9.84 Å². The van der Waals surface area contributed by atoms with Gasteiger partial charge < -0.3 is 30.9 Å². The lowest BCUT2D eigenvalue weighted by molar-refractivity contribution is 0.209. The lowest BCUT2D eigenvalue weighted by Gasteiger charge is -2.25. The van der Waals surface area contributed by atoms with E-state index in [0.29, 0.717) is 29.8 Å². The number of aromatic nitrogens is 4. The van der Waals surface area contributed by atoms with Crippen molar-refractivity contribution in [2.45, 2.75) is 44.8 Å². The summed E-state index contributed by atoms with van der Waals surface area (Å²) in [5.74, 6) is 1.18. The van der Waals surface area contributed by atoms with Gasteiger partial charge in [0.2, 0.25) is 5.95 Å². The Bertz CT molecular complexity index is 1170. The van der Waals surface area contributed by atoms with Crippen LogP contribution < -0.4 is 26.0 Å². The summed E-state index contributed by atoms with van der Waals surface area (Å²) in [6.07, 6.45) is 2.62. The van der Waals surface area contributed by atoms with E-state index in [9.17, 15) is 9.90 Å². The first-order valence-corrected chi connectivity index (χ1v) is 12.2. The van der Waals surface area contributed by atoms with Crippen molar-refractivity contribution in [3.63, 3.8) is 0 Å². The molecular weight excluding hydrogens is 464 g/mol.